The summed E-state index contributed by atoms with van der Waals surface area (Å²) in [6.07, 6.45) is 5.31. The Morgan fingerprint density at radius 3 is 2.61 bits per heavy atom. The van der Waals surface area contributed by atoms with Crippen LogP contribution in [0.3, 0.4) is 0 Å². The molecule has 0 saturated heterocycles. The highest BCUT2D eigenvalue weighted by Crippen LogP contribution is 2.17. The van der Waals surface area contributed by atoms with Crippen molar-refractivity contribution in [3.8, 4) is 0 Å². The monoisotopic (exact) mass is 432 g/mol. The number of benzene rings is 1. The molecule has 0 radical (unpaired) electrons. The van der Waals surface area contributed by atoms with E-state index in [1.54, 1.807) is 0 Å². The first-order valence-corrected chi connectivity index (χ1v) is 10.7. The summed E-state index contributed by atoms with van der Waals surface area (Å²) in [4.78, 5) is 37.1. The van der Waals surface area contributed by atoms with Crippen LogP contribution in [-0.2, 0) is 30.3 Å². The number of nitrogens with one attached hydrogen (secondary N) is 2. The van der Waals surface area contributed by atoms with Crippen LogP contribution < -0.4 is 10.6 Å². The number of amides is 2. The van der Waals surface area contributed by atoms with Crippen LogP contribution in [0.15, 0.2) is 42.5 Å². The van der Waals surface area contributed by atoms with Crippen LogP contribution in [0.25, 0.3) is 0 Å². The minimum Gasteiger partial charge on any atom is -0.464 e. The SMILES string of the molecule is O=C(C[C@H]1CC=CC[C@@H](Cc2ccccc2)C(=O)OCCNC1=O)NCCOCCO. The van der Waals surface area contributed by atoms with E-state index in [1.807, 2.05) is 42.5 Å². The van der Waals surface area contributed by atoms with Crippen molar-refractivity contribution < 1.29 is 29.0 Å². The molecule has 2 atom stereocenters. The summed E-state index contributed by atoms with van der Waals surface area (Å²) in [7, 11) is 0. The standard InChI is InChI=1S/C23H32N2O6/c26-12-15-30-13-10-24-21(27)17-19-8-4-5-9-20(16-18-6-2-1-3-7-18)23(29)31-14-11-25-22(19)28/h1-7,19-20,26H,8-17H2,(H,24,27)(H,25,28)/t19-,20+/m1/s1. The molecule has 1 aliphatic heterocycles. The highest BCUT2D eigenvalue weighted by molar-refractivity contribution is 5.86. The van der Waals surface area contributed by atoms with E-state index < -0.39 is 5.92 Å². The molecule has 3 N–H and O–H groups in total. The van der Waals surface area contributed by atoms with Gasteiger partial charge in [-0.3, -0.25) is 14.4 Å². The van der Waals surface area contributed by atoms with E-state index in [4.69, 9.17) is 14.6 Å². The Kier molecular flexibility index (Phi) is 11.3. The first-order valence-electron chi connectivity index (χ1n) is 10.7. The predicted molar refractivity (Wildman–Crippen MR) is 115 cm³/mol. The second-order valence-corrected chi connectivity index (χ2v) is 7.37. The summed E-state index contributed by atoms with van der Waals surface area (Å²) in [5.74, 6) is -1.55. The number of allylic oxidation sites excluding steroid dienone is 2. The Bertz CT molecular complexity index is 722. The summed E-state index contributed by atoms with van der Waals surface area (Å²) in [6.45, 7) is 1.09. The number of carbonyl (C=O) groups is 3. The number of ether oxygens (including phenoxy) is 2. The van der Waals surface area contributed by atoms with Gasteiger partial charge in [0.05, 0.1) is 38.2 Å². The average molecular weight is 433 g/mol. The van der Waals surface area contributed by atoms with Gasteiger partial charge in [0.15, 0.2) is 0 Å². The van der Waals surface area contributed by atoms with Crippen molar-refractivity contribution in [2.24, 2.45) is 11.8 Å². The second-order valence-electron chi connectivity index (χ2n) is 7.37. The molecule has 8 nitrogen and oxygen atoms in total. The molecule has 1 aromatic carbocycles. The van der Waals surface area contributed by atoms with Gasteiger partial charge in [-0.05, 0) is 24.8 Å². The topological polar surface area (TPSA) is 114 Å². The van der Waals surface area contributed by atoms with Gasteiger partial charge in [0.25, 0.3) is 0 Å². The fourth-order valence-corrected chi connectivity index (χ4v) is 3.28. The summed E-state index contributed by atoms with van der Waals surface area (Å²) in [6, 6.07) is 9.78. The van der Waals surface area contributed by atoms with Gasteiger partial charge in [0, 0.05) is 13.0 Å². The van der Waals surface area contributed by atoms with Gasteiger partial charge in [-0.1, -0.05) is 42.5 Å². The van der Waals surface area contributed by atoms with Crippen molar-refractivity contribution >= 4 is 17.8 Å². The molecular formula is C23H32N2O6. The summed E-state index contributed by atoms with van der Waals surface area (Å²) < 4.78 is 10.5. The molecule has 0 aliphatic carbocycles. The molecule has 8 heteroatoms. The molecule has 170 valence electrons. The third-order valence-electron chi connectivity index (χ3n) is 4.92. The molecule has 0 spiro atoms. The molecule has 2 rings (SSSR count). The first-order chi connectivity index (χ1) is 15.1. The molecule has 1 heterocycles. The number of aliphatic hydroxyl groups excluding tert-OH is 1. The summed E-state index contributed by atoms with van der Waals surface area (Å²) >= 11 is 0. The smallest absolute Gasteiger partial charge is 0.309 e. The number of cyclic esters (lactones) is 1. The molecule has 0 unspecified atom stereocenters. The first kappa shape index (κ1) is 24.6. The molecule has 1 aromatic rings. The number of hydrogen-bond acceptors (Lipinski definition) is 6. The van der Waals surface area contributed by atoms with Gasteiger partial charge in [-0.2, -0.15) is 0 Å². The predicted octanol–water partition coefficient (Wildman–Crippen LogP) is 0.986. The van der Waals surface area contributed by atoms with Crippen molar-refractivity contribution in [1.29, 1.82) is 0 Å². The number of rotatable bonds is 9. The Morgan fingerprint density at radius 2 is 1.87 bits per heavy atom. The van der Waals surface area contributed by atoms with Crippen molar-refractivity contribution in [2.45, 2.75) is 25.7 Å². The fraction of sp³-hybridized carbons (Fsp3) is 0.522. The zero-order chi connectivity index (χ0) is 22.3. The third-order valence-corrected chi connectivity index (χ3v) is 4.92. The van der Waals surface area contributed by atoms with Crippen molar-refractivity contribution in [1.82, 2.24) is 10.6 Å². The van der Waals surface area contributed by atoms with Gasteiger partial charge >= 0.3 is 5.97 Å². The van der Waals surface area contributed by atoms with Crippen molar-refractivity contribution in [2.75, 3.05) is 39.5 Å². The van der Waals surface area contributed by atoms with Crippen molar-refractivity contribution in [3.05, 3.63) is 48.0 Å². The molecule has 0 aromatic heterocycles. The molecule has 0 saturated carbocycles. The van der Waals surface area contributed by atoms with E-state index >= 15 is 0 Å². The van der Waals surface area contributed by atoms with Crippen LogP contribution in [0.2, 0.25) is 0 Å². The van der Waals surface area contributed by atoms with Gasteiger partial charge in [-0.15, -0.1) is 0 Å². The van der Waals surface area contributed by atoms with Crippen LogP contribution in [-0.4, -0.2) is 62.4 Å². The molecule has 31 heavy (non-hydrogen) atoms. The highest BCUT2D eigenvalue weighted by atomic mass is 16.5. The minimum atomic E-state index is -0.502. The quantitative estimate of drug-likeness (QED) is 0.305. The Labute approximate surface area is 183 Å². The zero-order valence-electron chi connectivity index (χ0n) is 17.8. The van der Waals surface area contributed by atoms with Gasteiger partial charge in [-0.25, -0.2) is 0 Å². The lowest BCUT2D eigenvalue weighted by molar-refractivity contribution is -0.148. The van der Waals surface area contributed by atoms with E-state index in [0.29, 0.717) is 32.4 Å². The Hall–Kier alpha value is -2.71. The number of carbonyl (C=O) groups excluding carboxylic acids is 3. The van der Waals surface area contributed by atoms with Crippen LogP contribution in [0.4, 0.5) is 0 Å². The molecule has 1 aliphatic rings. The summed E-state index contributed by atoms with van der Waals surface area (Å²) in [5, 5.41) is 14.1. The zero-order valence-corrected chi connectivity index (χ0v) is 17.8. The number of hydrogen-bond donors (Lipinski definition) is 3. The largest absolute Gasteiger partial charge is 0.464 e. The van der Waals surface area contributed by atoms with Gasteiger partial charge < -0.3 is 25.2 Å². The van der Waals surface area contributed by atoms with Gasteiger partial charge in [0.1, 0.15) is 6.61 Å². The molecule has 0 fully saturated rings. The van der Waals surface area contributed by atoms with E-state index in [0.717, 1.165) is 5.56 Å². The molecule has 2 amide bonds. The average Bonchev–Trinajstić information content (AvgIpc) is 2.77. The highest BCUT2D eigenvalue weighted by Gasteiger charge is 2.23. The Balaban J connectivity index is 1.91. The second kappa shape index (κ2) is 14.3. The maximum absolute atomic E-state index is 12.4. The van der Waals surface area contributed by atoms with E-state index in [1.165, 1.54) is 0 Å². The lowest BCUT2D eigenvalue weighted by Gasteiger charge is -2.18. The normalized spacial score (nSPS) is 20.2. The van der Waals surface area contributed by atoms with Crippen LogP contribution in [0.5, 0.6) is 0 Å². The van der Waals surface area contributed by atoms with Gasteiger partial charge in [0.2, 0.25) is 11.8 Å². The maximum atomic E-state index is 12.4. The lowest BCUT2D eigenvalue weighted by atomic mass is 9.94. The van der Waals surface area contributed by atoms with Crippen LogP contribution >= 0.6 is 0 Å². The third kappa shape index (κ3) is 9.76. The minimum absolute atomic E-state index is 0.0589. The van der Waals surface area contributed by atoms with E-state index in [9.17, 15) is 14.4 Å². The lowest BCUT2D eigenvalue weighted by Crippen LogP contribution is -2.37. The maximum Gasteiger partial charge on any atom is 0.309 e. The molecular weight excluding hydrogens is 400 g/mol. The number of aliphatic hydroxyl groups is 1. The van der Waals surface area contributed by atoms with Crippen LogP contribution in [0, 0.1) is 11.8 Å². The van der Waals surface area contributed by atoms with E-state index in [2.05, 4.69) is 10.6 Å². The van der Waals surface area contributed by atoms with Crippen LogP contribution in [0.1, 0.15) is 24.8 Å². The van der Waals surface area contributed by atoms with E-state index in [-0.39, 0.29) is 56.5 Å². The van der Waals surface area contributed by atoms with Crippen molar-refractivity contribution in [3.63, 3.8) is 0 Å². The molecule has 0 bridgehead atoms. The Morgan fingerprint density at radius 1 is 1.13 bits per heavy atom. The summed E-state index contributed by atoms with van der Waals surface area (Å²) in [5.41, 5.74) is 1.07. The number of esters is 1. The fourth-order valence-electron chi connectivity index (χ4n) is 3.28.